The maximum Gasteiger partial charge on any atom is 0.0494 e. The molecule has 3 heteroatoms. The molecular formula is C9H13Cl2N. The van der Waals surface area contributed by atoms with Crippen molar-refractivity contribution in [3.05, 3.63) is 28.8 Å². The molecule has 0 aliphatic rings. The van der Waals surface area contributed by atoms with Crippen molar-refractivity contribution < 1.29 is 0 Å². The molecular weight excluding hydrogens is 193 g/mol. The van der Waals surface area contributed by atoms with Crippen molar-refractivity contribution >= 4 is 29.7 Å². The molecule has 68 valence electrons. The Balaban J connectivity index is 0.00000121. The number of anilines is 1. The predicted octanol–water partition coefficient (Wildman–Crippen LogP) is 3.05. The minimum absolute atomic E-state index is 0. The lowest BCUT2D eigenvalue weighted by molar-refractivity contribution is 1.30. The normalized spacial score (nSPS) is 9.25. The van der Waals surface area contributed by atoms with E-state index in [2.05, 4.69) is 6.07 Å². The average molecular weight is 206 g/mol. The number of hydrogen-bond donors (Lipinski definition) is 1. The van der Waals surface area contributed by atoms with Crippen LogP contribution in [0.5, 0.6) is 0 Å². The van der Waals surface area contributed by atoms with E-state index in [0.717, 1.165) is 16.8 Å². The number of nitrogens with two attached hydrogens (primary N) is 1. The monoisotopic (exact) mass is 205 g/mol. The van der Waals surface area contributed by atoms with Gasteiger partial charge in [0.25, 0.3) is 0 Å². The van der Waals surface area contributed by atoms with Crippen molar-refractivity contribution in [3.8, 4) is 0 Å². The van der Waals surface area contributed by atoms with E-state index in [-0.39, 0.29) is 12.4 Å². The summed E-state index contributed by atoms with van der Waals surface area (Å²) in [4.78, 5) is 0. The van der Waals surface area contributed by atoms with E-state index in [9.17, 15) is 0 Å². The van der Waals surface area contributed by atoms with Gasteiger partial charge in [-0.3, -0.25) is 0 Å². The highest BCUT2D eigenvalue weighted by molar-refractivity contribution is 6.17. The van der Waals surface area contributed by atoms with Crippen molar-refractivity contribution in [2.75, 3.05) is 5.73 Å². The van der Waals surface area contributed by atoms with Crippen LogP contribution >= 0.6 is 24.0 Å². The van der Waals surface area contributed by atoms with Crippen LogP contribution in [0.25, 0.3) is 0 Å². The summed E-state index contributed by atoms with van der Waals surface area (Å²) in [5.41, 5.74) is 9.96. The van der Waals surface area contributed by atoms with Gasteiger partial charge in [-0.1, -0.05) is 17.7 Å². The van der Waals surface area contributed by atoms with Gasteiger partial charge in [-0.25, -0.2) is 0 Å². The SMILES string of the molecule is Cc1cc(C)c(N)c(CCl)c1.Cl. The largest absolute Gasteiger partial charge is 0.398 e. The second-order valence-corrected chi connectivity index (χ2v) is 3.06. The van der Waals surface area contributed by atoms with Crippen LogP contribution in [-0.4, -0.2) is 0 Å². The van der Waals surface area contributed by atoms with Gasteiger partial charge in [0.2, 0.25) is 0 Å². The Labute approximate surface area is 84.3 Å². The van der Waals surface area contributed by atoms with E-state index >= 15 is 0 Å². The lowest BCUT2D eigenvalue weighted by atomic mass is 10.1. The summed E-state index contributed by atoms with van der Waals surface area (Å²) in [6, 6.07) is 4.08. The molecule has 0 amide bonds. The molecule has 0 fully saturated rings. The lowest BCUT2D eigenvalue weighted by Crippen LogP contribution is -1.95. The molecule has 0 unspecified atom stereocenters. The molecule has 1 nitrogen and oxygen atoms in total. The molecule has 1 aromatic rings. The van der Waals surface area contributed by atoms with Gasteiger partial charge in [0.05, 0.1) is 0 Å². The Bertz CT molecular complexity index is 271. The van der Waals surface area contributed by atoms with Gasteiger partial charge in [0, 0.05) is 11.6 Å². The van der Waals surface area contributed by atoms with E-state index in [0.29, 0.717) is 5.88 Å². The zero-order valence-corrected chi connectivity index (χ0v) is 8.80. The topological polar surface area (TPSA) is 26.0 Å². The first-order chi connectivity index (χ1) is 5.15. The summed E-state index contributed by atoms with van der Waals surface area (Å²) < 4.78 is 0. The molecule has 0 saturated heterocycles. The Morgan fingerprint density at radius 1 is 1.33 bits per heavy atom. The number of nitrogen functional groups attached to an aromatic ring is 1. The number of benzene rings is 1. The third kappa shape index (κ3) is 2.29. The second kappa shape index (κ2) is 4.58. The highest BCUT2D eigenvalue weighted by Gasteiger charge is 2.00. The quantitative estimate of drug-likeness (QED) is 0.554. The molecule has 1 rings (SSSR count). The molecule has 0 radical (unpaired) electrons. The molecule has 0 heterocycles. The fourth-order valence-corrected chi connectivity index (χ4v) is 1.40. The molecule has 0 atom stereocenters. The average Bonchev–Trinajstić information content (AvgIpc) is 1.96. The van der Waals surface area contributed by atoms with Crippen LogP contribution in [0.1, 0.15) is 16.7 Å². The molecule has 0 aliphatic heterocycles. The Morgan fingerprint density at radius 2 is 1.92 bits per heavy atom. The van der Waals surface area contributed by atoms with E-state index in [1.807, 2.05) is 19.9 Å². The van der Waals surface area contributed by atoms with Crippen LogP contribution in [0, 0.1) is 13.8 Å². The Kier molecular flexibility index (Phi) is 4.43. The molecule has 0 saturated carbocycles. The highest BCUT2D eigenvalue weighted by Crippen LogP contribution is 2.20. The van der Waals surface area contributed by atoms with Crippen LogP contribution in [0.2, 0.25) is 0 Å². The van der Waals surface area contributed by atoms with Crippen LogP contribution in [0.15, 0.2) is 12.1 Å². The van der Waals surface area contributed by atoms with Crippen LogP contribution in [-0.2, 0) is 5.88 Å². The Morgan fingerprint density at radius 3 is 2.42 bits per heavy atom. The molecule has 0 spiro atoms. The lowest BCUT2D eigenvalue weighted by Gasteiger charge is -2.06. The van der Waals surface area contributed by atoms with Crippen LogP contribution < -0.4 is 5.73 Å². The maximum atomic E-state index is 5.78. The molecule has 1 aromatic carbocycles. The first-order valence-corrected chi connectivity index (χ1v) is 4.10. The summed E-state index contributed by atoms with van der Waals surface area (Å²) >= 11 is 5.70. The third-order valence-electron chi connectivity index (χ3n) is 1.76. The van der Waals surface area contributed by atoms with Crippen molar-refractivity contribution in [2.45, 2.75) is 19.7 Å². The minimum atomic E-state index is 0. The maximum absolute atomic E-state index is 5.78. The highest BCUT2D eigenvalue weighted by atomic mass is 35.5. The molecule has 0 aromatic heterocycles. The van der Waals surface area contributed by atoms with Gasteiger partial charge in [-0.2, -0.15) is 0 Å². The van der Waals surface area contributed by atoms with Gasteiger partial charge in [-0.05, 0) is 25.0 Å². The summed E-state index contributed by atoms with van der Waals surface area (Å²) in [5, 5.41) is 0. The first-order valence-electron chi connectivity index (χ1n) is 3.56. The smallest absolute Gasteiger partial charge is 0.0494 e. The standard InChI is InChI=1S/C9H12ClN.ClH/c1-6-3-7(2)9(11)8(4-6)5-10;/h3-4H,5,11H2,1-2H3;1H. The van der Waals surface area contributed by atoms with Gasteiger partial charge >= 0.3 is 0 Å². The fourth-order valence-electron chi connectivity index (χ4n) is 1.18. The first kappa shape index (κ1) is 11.6. The van der Waals surface area contributed by atoms with Gasteiger partial charge in [-0.15, -0.1) is 24.0 Å². The van der Waals surface area contributed by atoms with E-state index < -0.39 is 0 Å². The second-order valence-electron chi connectivity index (χ2n) is 2.79. The number of halogens is 2. The summed E-state index contributed by atoms with van der Waals surface area (Å²) in [7, 11) is 0. The summed E-state index contributed by atoms with van der Waals surface area (Å²) in [6.45, 7) is 4.04. The number of aryl methyl sites for hydroxylation is 2. The molecule has 12 heavy (non-hydrogen) atoms. The van der Waals surface area contributed by atoms with Crippen molar-refractivity contribution in [2.24, 2.45) is 0 Å². The number of hydrogen-bond acceptors (Lipinski definition) is 1. The van der Waals surface area contributed by atoms with Gasteiger partial charge in [0.1, 0.15) is 0 Å². The van der Waals surface area contributed by atoms with Crippen molar-refractivity contribution in [1.29, 1.82) is 0 Å². The van der Waals surface area contributed by atoms with E-state index in [4.69, 9.17) is 17.3 Å². The van der Waals surface area contributed by atoms with Crippen LogP contribution in [0.3, 0.4) is 0 Å². The van der Waals surface area contributed by atoms with Crippen molar-refractivity contribution in [3.63, 3.8) is 0 Å². The van der Waals surface area contributed by atoms with Gasteiger partial charge < -0.3 is 5.73 Å². The van der Waals surface area contributed by atoms with E-state index in [1.54, 1.807) is 0 Å². The zero-order chi connectivity index (χ0) is 8.43. The molecule has 0 bridgehead atoms. The van der Waals surface area contributed by atoms with E-state index in [1.165, 1.54) is 5.56 Å². The summed E-state index contributed by atoms with van der Waals surface area (Å²) in [6.07, 6.45) is 0. The molecule has 2 N–H and O–H groups in total. The van der Waals surface area contributed by atoms with Gasteiger partial charge in [0.15, 0.2) is 0 Å². The third-order valence-corrected chi connectivity index (χ3v) is 2.05. The fraction of sp³-hybridized carbons (Fsp3) is 0.333. The molecule has 0 aliphatic carbocycles. The predicted molar refractivity (Wildman–Crippen MR) is 57.1 cm³/mol. The minimum Gasteiger partial charge on any atom is -0.398 e. The number of alkyl halides is 1. The summed E-state index contributed by atoms with van der Waals surface area (Å²) in [5.74, 6) is 0.494. The van der Waals surface area contributed by atoms with Crippen LogP contribution in [0.4, 0.5) is 5.69 Å². The number of rotatable bonds is 1. The Hall–Kier alpha value is -0.400. The zero-order valence-electron chi connectivity index (χ0n) is 7.23. The van der Waals surface area contributed by atoms with Crippen molar-refractivity contribution in [1.82, 2.24) is 0 Å².